The van der Waals surface area contributed by atoms with E-state index in [0.29, 0.717) is 12.8 Å². The molecule has 0 saturated carbocycles. The van der Waals surface area contributed by atoms with Crippen molar-refractivity contribution >= 4 is 19.8 Å². The van der Waals surface area contributed by atoms with Gasteiger partial charge in [-0.15, -0.1) is 0 Å². The standard InChI is InChI=1S/C42H71O10P/c1-3-5-7-9-11-13-15-17-19-21-23-25-27-29-31-33-41(45)49-37-40(38-51-53(47,48)50-36-39(44)35-43)52-42(46)34-32-30-28-26-24-22-20-18-16-14-12-10-8-6-4-2/h5,7,9,11,13,15,17-20,24,26,39-40,43-44H,3-4,6,8,10,12,14,16,21-23,25,27-38H2,1-2H3,(H,47,48)/b7-5+,11-9+,15-13+,19-17+,20-18+,26-24+/t39-,40+/m0/s1. The molecule has 0 bridgehead atoms. The third-order valence-corrected chi connectivity index (χ3v) is 8.89. The molecule has 0 aromatic rings. The van der Waals surface area contributed by atoms with Gasteiger partial charge in [0.05, 0.1) is 19.8 Å². The van der Waals surface area contributed by atoms with Gasteiger partial charge in [-0.1, -0.05) is 138 Å². The van der Waals surface area contributed by atoms with Crippen LogP contribution in [0.15, 0.2) is 72.9 Å². The summed E-state index contributed by atoms with van der Waals surface area (Å²) >= 11 is 0. The molecule has 0 fully saturated rings. The zero-order valence-corrected chi connectivity index (χ0v) is 33.6. The van der Waals surface area contributed by atoms with Crippen LogP contribution in [0.25, 0.3) is 0 Å². The van der Waals surface area contributed by atoms with Gasteiger partial charge in [-0.25, -0.2) is 4.57 Å². The molecule has 0 amide bonds. The van der Waals surface area contributed by atoms with Gasteiger partial charge in [0.1, 0.15) is 12.7 Å². The lowest BCUT2D eigenvalue weighted by atomic mass is 10.1. The minimum atomic E-state index is -4.63. The number of hydrogen-bond donors (Lipinski definition) is 3. The Labute approximate surface area is 320 Å². The second-order valence-corrected chi connectivity index (χ2v) is 14.5. The lowest BCUT2D eigenvalue weighted by Crippen LogP contribution is -2.29. The van der Waals surface area contributed by atoms with Crippen LogP contribution >= 0.6 is 7.82 Å². The molecule has 0 aromatic carbocycles. The number of phosphoric ester groups is 1. The fourth-order valence-electron chi connectivity index (χ4n) is 4.86. The Kier molecular flexibility index (Phi) is 35.9. The largest absolute Gasteiger partial charge is 0.472 e. The van der Waals surface area contributed by atoms with Gasteiger partial charge in [-0.2, -0.15) is 0 Å². The summed E-state index contributed by atoms with van der Waals surface area (Å²) in [7, 11) is -4.63. The number of carbonyl (C=O) groups is 2. The fraction of sp³-hybridized carbons (Fsp3) is 0.667. The van der Waals surface area contributed by atoms with Crippen LogP contribution < -0.4 is 0 Å². The molecule has 304 valence electrons. The van der Waals surface area contributed by atoms with Crippen molar-refractivity contribution < 1.29 is 47.8 Å². The Morgan fingerprint density at radius 1 is 0.604 bits per heavy atom. The molecule has 0 radical (unpaired) electrons. The van der Waals surface area contributed by atoms with Crippen LogP contribution in [-0.2, 0) is 32.7 Å². The molecule has 0 heterocycles. The van der Waals surface area contributed by atoms with Gasteiger partial charge in [-0.3, -0.25) is 18.6 Å². The highest BCUT2D eigenvalue weighted by atomic mass is 31.2. The summed E-state index contributed by atoms with van der Waals surface area (Å²) in [6.07, 6.45) is 41.6. The maximum Gasteiger partial charge on any atom is 0.472 e. The second-order valence-electron chi connectivity index (χ2n) is 13.0. The molecule has 0 aliphatic carbocycles. The number of hydrogen-bond acceptors (Lipinski definition) is 9. The lowest BCUT2D eigenvalue weighted by molar-refractivity contribution is -0.161. The van der Waals surface area contributed by atoms with E-state index in [9.17, 15) is 24.2 Å². The first-order valence-electron chi connectivity index (χ1n) is 19.9. The number of phosphoric acid groups is 1. The van der Waals surface area contributed by atoms with Crippen LogP contribution in [0.4, 0.5) is 0 Å². The molecular weight excluding hydrogens is 695 g/mol. The third-order valence-electron chi connectivity index (χ3n) is 7.94. The van der Waals surface area contributed by atoms with E-state index in [1.807, 2.05) is 36.5 Å². The first-order valence-corrected chi connectivity index (χ1v) is 21.4. The Hall–Kier alpha value is -2.59. The van der Waals surface area contributed by atoms with Crippen molar-refractivity contribution in [1.29, 1.82) is 0 Å². The fourth-order valence-corrected chi connectivity index (χ4v) is 5.64. The number of aliphatic hydroxyl groups is 2. The number of rotatable bonds is 36. The lowest BCUT2D eigenvalue weighted by Gasteiger charge is -2.20. The number of unbranched alkanes of at least 4 members (excludes halogenated alkanes) is 13. The molecule has 0 saturated heterocycles. The van der Waals surface area contributed by atoms with Crippen molar-refractivity contribution in [3.05, 3.63) is 72.9 Å². The molecule has 3 atom stereocenters. The van der Waals surface area contributed by atoms with Crippen molar-refractivity contribution in [2.75, 3.05) is 26.4 Å². The molecule has 0 aromatic heterocycles. The van der Waals surface area contributed by atoms with Crippen LogP contribution in [-0.4, -0.2) is 65.7 Å². The Balaban J connectivity index is 4.46. The Morgan fingerprint density at radius 3 is 1.75 bits per heavy atom. The van der Waals surface area contributed by atoms with E-state index >= 15 is 0 Å². The molecular formula is C42H71O10P. The van der Waals surface area contributed by atoms with Crippen molar-refractivity contribution in [2.24, 2.45) is 0 Å². The minimum Gasteiger partial charge on any atom is -0.462 e. The molecule has 3 N–H and O–H groups in total. The minimum absolute atomic E-state index is 0.132. The molecule has 11 heteroatoms. The summed E-state index contributed by atoms with van der Waals surface area (Å²) in [5, 5.41) is 18.3. The molecule has 10 nitrogen and oxygen atoms in total. The quantitative estimate of drug-likeness (QED) is 0.0185. The average molecular weight is 767 g/mol. The average Bonchev–Trinajstić information content (AvgIpc) is 3.14. The zero-order chi connectivity index (χ0) is 39.1. The van der Waals surface area contributed by atoms with E-state index in [0.717, 1.165) is 64.2 Å². The molecule has 1 unspecified atom stereocenters. The van der Waals surface area contributed by atoms with Gasteiger partial charge in [0.25, 0.3) is 0 Å². The first-order chi connectivity index (χ1) is 25.7. The smallest absolute Gasteiger partial charge is 0.462 e. The summed E-state index contributed by atoms with van der Waals surface area (Å²) in [4.78, 5) is 34.9. The molecule has 53 heavy (non-hydrogen) atoms. The van der Waals surface area contributed by atoms with Crippen molar-refractivity contribution in [1.82, 2.24) is 0 Å². The van der Waals surface area contributed by atoms with Crippen molar-refractivity contribution in [2.45, 2.75) is 154 Å². The van der Waals surface area contributed by atoms with E-state index in [2.05, 4.69) is 54.8 Å². The van der Waals surface area contributed by atoms with Crippen molar-refractivity contribution in [3.8, 4) is 0 Å². The predicted octanol–water partition coefficient (Wildman–Crippen LogP) is 10.1. The van der Waals surface area contributed by atoms with E-state index in [-0.39, 0.29) is 19.4 Å². The SMILES string of the molecule is CC/C=C/C=C/C=C/C=C/CCCCCCCC(=O)OC[C@H](COP(=O)(O)OC[C@@H](O)CO)OC(=O)CCCC/C=C/C/C=C/CCCCCCCC. The van der Waals surface area contributed by atoms with Gasteiger partial charge in [0, 0.05) is 12.8 Å². The van der Waals surface area contributed by atoms with Gasteiger partial charge >= 0.3 is 19.8 Å². The van der Waals surface area contributed by atoms with Gasteiger partial charge in [0.15, 0.2) is 6.10 Å². The van der Waals surface area contributed by atoms with Crippen molar-refractivity contribution in [3.63, 3.8) is 0 Å². The maximum absolute atomic E-state index is 12.6. The summed E-state index contributed by atoms with van der Waals surface area (Å²) < 4.78 is 32.6. The highest BCUT2D eigenvalue weighted by Gasteiger charge is 2.27. The number of esters is 2. The van der Waals surface area contributed by atoms with E-state index in [1.54, 1.807) is 0 Å². The van der Waals surface area contributed by atoms with Crippen LogP contribution in [0, 0.1) is 0 Å². The monoisotopic (exact) mass is 766 g/mol. The molecule has 0 spiro atoms. The summed E-state index contributed by atoms with van der Waals surface area (Å²) in [6.45, 7) is 2.14. The number of allylic oxidation sites excluding steroid dienone is 12. The number of carbonyl (C=O) groups excluding carboxylic acids is 2. The second kappa shape index (κ2) is 37.7. The highest BCUT2D eigenvalue weighted by Crippen LogP contribution is 2.43. The van der Waals surface area contributed by atoms with Gasteiger partial charge in [0.2, 0.25) is 0 Å². The summed E-state index contributed by atoms with van der Waals surface area (Å²) in [5.74, 6) is -0.998. The van der Waals surface area contributed by atoms with Crippen LogP contribution in [0.5, 0.6) is 0 Å². The van der Waals surface area contributed by atoms with Gasteiger partial charge in [-0.05, 0) is 64.2 Å². The molecule has 0 aliphatic rings. The van der Waals surface area contributed by atoms with Crippen LogP contribution in [0.1, 0.15) is 142 Å². The van der Waals surface area contributed by atoms with E-state index in [1.165, 1.54) is 38.5 Å². The zero-order valence-electron chi connectivity index (χ0n) is 32.7. The third kappa shape index (κ3) is 37.5. The van der Waals surface area contributed by atoms with E-state index in [4.69, 9.17) is 19.1 Å². The number of ether oxygens (including phenoxy) is 2. The van der Waals surface area contributed by atoms with Gasteiger partial charge < -0.3 is 24.6 Å². The number of aliphatic hydroxyl groups excluding tert-OH is 2. The maximum atomic E-state index is 12.6. The predicted molar refractivity (Wildman–Crippen MR) is 214 cm³/mol. The summed E-state index contributed by atoms with van der Waals surface area (Å²) in [6, 6.07) is 0. The normalized spacial score (nSPS) is 14.7. The molecule has 0 rings (SSSR count). The first kappa shape index (κ1) is 50.4. The summed E-state index contributed by atoms with van der Waals surface area (Å²) in [5.41, 5.74) is 0. The Morgan fingerprint density at radius 2 is 1.11 bits per heavy atom. The highest BCUT2D eigenvalue weighted by molar-refractivity contribution is 7.47. The molecule has 0 aliphatic heterocycles. The van der Waals surface area contributed by atoms with Crippen LogP contribution in [0.3, 0.4) is 0 Å². The van der Waals surface area contributed by atoms with E-state index < -0.39 is 51.8 Å². The van der Waals surface area contributed by atoms with Crippen LogP contribution in [0.2, 0.25) is 0 Å². The Bertz CT molecular complexity index is 1110. The topological polar surface area (TPSA) is 149 Å².